The molecular formula is C13H19N2O3+. The van der Waals surface area contributed by atoms with Gasteiger partial charge in [-0.3, -0.25) is 4.79 Å². The average Bonchev–Trinajstić information content (AvgIpc) is 2.38. The molecule has 0 radical (unpaired) electrons. The summed E-state index contributed by atoms with van der Waals surface area (Å²) in [5.74, 6) is 0.801. The molecule has 0 spiro atoms. The van der Waals surface area contributed by atoms with E-state index in [1.54, 1.807) is 0 Å². The van der Waals surface area contributed by atoms with Crippen LogP contribution in [0.5, 0.6) is 5.75 Å². The monoisotopic (exact) mass is 251 g/mol. The van der Waals surface area contributed by atoms with Crippen molar-refractivity contribution >= 4 is 5.91 Å². The number of rotatable bonds is 5. The molecule has 1 fully saturated rings. The van der Waals surface area contributed by atoms with Gasteiger partial charge < -0.3 is 20.1 Å². The molecular weight excluding hydrogens is 232 g/mol. The van der Waals surface area contributed by atoms with Gasteiger partial charge in [-0.15, -0.1) is 0 Å². The maximum absolute atomic E-state index is 11.2. The largest absolute Gasteiger partial charge is 0.491 e. The van der Waals surface area contributed by atoms with Gasteiger partial charge in [0.2, 0.25) is 0 Å². The zero-order valence-electron chi connectivity index (χ0n) is 10.3. The molecule has 0 aliphatic carbocycles. The fourth-order valence-corrected chi connectivity index (χ4v) is 2.03. The Bertz CT molecular complexity index is 383. The lowest BCUT2D eigenvalue weighted by molar-refractivity contribution is -0.896. The van der Waals surface area contributed by atoms with E-state index in [0.29, 0.717) is 19.6 Å². The fraction of sp³-hybridized carbons (Fsp3) is 0.462. The maximum atomic E-state index is 11.2. The molecule has 0 saturated carbocycles. The van der Waals surface area contributed by atoms with Gasteiger partial charge in [0.05, 0.1) is 13.1 Å². The third-order valence-electron chi connectivity index (χ3n) is 2.92. The topological polar surface area (TPSA) is 63.0 Å². The Balaban J connectivity index is 1.71. The molecule has 98 valence electrons. The van der Waals surface area contributed by atoms with Gasteiger partial charge >= 0.3 is 0 Å². The Morgan fingerprint density at radius 1 is 1.39 bits per heavy atom. The van der Waals surface area contributed by atoms with Crippen molar-refractivity contribution in [3.8, 4) is 5.75 Å². The second-order valence-electron chi connectivity index (χ2n) is 4.51. The van der Waals surface area contributed by atoms with Crippen LogP contribution in [-0.2, 0) is 4.79 Å². The van der Waals surface area contributed by atoms with Crippen molar-refractivity contribution in [1.29, 1.82) is 0 Å². The highest BCUT2D eigenvalue weighted by atomic mass is 16.5. The summed E-state index contributed by atoms with van der Waals surface area (Å²) in [5.41, 5.74) is 0. The quantitative estimate of drug-likeness (QED) is 0.593. The molecule has 1 amide bonds. The van der Waals surface area contributed by atoms with E-state index < -0.39 is 6.10 Å². The summed E-state index contributed by atoms with van der Waals surface area (Å²) in [6.07, 6.45) is -0.550. The van der Waals surface area contributed by atoms with Crippen molar-refractivity contribution in [3.05, 3.63) is 30.3 Å². The highest BCUT2D eigenvalue weighted by Gasteiger charge is 2.22. The average molecular weight is 251 g/mol. The third-order valence-corrected chi connectivity index (χ3v) is 2.92. The molecule has 1 aliphatic rings. The molecule has 0 aromatic heterocycles. The predicted molar refractivity (Wildman–Crippen MR) is 66.5 cm³/mol. The van der Waals surface area contributed by atoms with Crippen LogP contribution in [0.3, 0.4) is 0 Å². The SMILES string of the molecule is O=C1C[NH+](C[C@H](O)COc2ccccc2)CCN1. The first kappa shape index (κ1) is 12.9. The van der Waals surface area contributed by atoms with Crippen molar-refractivity contribution in [3.63, 3.8) is 0 Å². The van der Waals surface area contributed by atoms with E-state index >= 15 is 0 Å². The molecule has 2 atom stereocenters. The first-order valence-electron chi connectivity index (χ1n) is 6.20. The van der Waals surface area contributed by atoms with Gasteiger partial charge in [-0.2, -0.15) is 0 Å². The number of hydrogen-bond acceptors (Lipinski definition) is 3. The van der Waals surface area contributed by atoms with Crippen LogP contribution in [0, 0.1) is 0 Å². The van der Waals surface area contributed by atoms with Crippen molar-refractivity contribution in [2.45, 2.75) is 6.10 Å². The normalized spacial score (nSPS) is 21.2. The molecule has 1 aliphatic heterocycles. The van der Waals surface area contributed by atoms with Crippen LogP contribution < -0.4 is 15.0 Å². The Morgan fingerprint density at radius 2 is 2.17 bits per heavy atom. The second-order valence-corrected chi connectivity index (χ2v) is 4.51. The first-order chi connectivity index (χ1) is 8.74. The Labute approximate surface area is 106 Å². The Kier molecular flexibility index (Phi) is 4.55. The van der Waals surface area contributed by atoms with Crippen molar-refractivity contribution in [2.75, 3.05) is 32.8 Å². The highest BCUT2D eigenvalue weighted by molar-refractivity contribution is 5.77. The molecule has 18 heavy (non-hydrogen) atoms. The molecule has 1 heterocycles. The lowest BCUT2D eigenvalue weighted by Crippen LogP contribution is -3.16. The number of carbonyl (C=O) groups is 1. The number of aliphatic hydroxyl groups is 1. The summed E-state index contributed by atoms with van der Waals surface area (Å²) >= 11 is 0. The van der Waals surface area contributed by atoms with Crippen molar-refractivity contribution in [1.82, 2.24) is 5.32 Å². The van der Waals surface area contributed by atoms with Crippen LogP contribution in [-0.4, -0.2) is 49.9 Å². The molecule has 1 saturated heterocycles. The van der Waals surface area contributed by atoms with Gasteiger partial charge in [0.15, 0.2) is 6.54 Å². The van der Waals surface area contributed by atoms with Gasteiger partial charge in [0, 0.05) is 0 Å². The lowest BCUT2D eigenvalue weighted by Gasteiger charge is -2.25. The summed E-state index contributed by atoms with van der Waals surface area (Å²) in [4.78, 5) is 12.3. The van der Waals surface area contributed by atoms with Gasteiger partial charge in [0.25, 0.3) is 5.91 Å². The summed E-state index contributed by atoms with van der Waals surface area (Å²) in [6.45, 7) is 2.77. The minimum absolute atomic E-state index is 0.0485. The summed E-state index contributed by atoms with van der Waals surface area (Å²) in [5, 5.41) is 12.6. The molecule has 5 nitrogen and oxygen atoms in total. The second kappa shape index (κ2) is 6.37. The number of nitrogens with one attached hydrogen (secondary N) is 2. The standard InChI is InChI=1S/C13H18N2O3/c16-11(8-15-7-6-14-13(17)9-15)10-18-12-4-2-1-3-5-12/h1-5,11,16H,6-10H2,(H,14,17)/p+1/t11-/m0/s1. The number of para-hydroxylation sites is 1. The van der Waals surface area contributed by atoms with Crippen molar-refractivity contribution < 1.29 is 19.5 Å². The van der Waals surface area contributed by atoms with E-state index in [9.17, 15) is 9.90 Å². The zero-order chi connectivity index (χ0) is 12.8. The fourth-order valence-electron chi connectivity index (χ4n) is 2.03. The molecule has 5 heteroatoms. The molecule has 1 aromatic carbocycles. The molecule has 0 bridgehead atoms. The van der Waals surface area contributed by atoms with E-state index in [-0.39, 0.29) is 12.5 Å². The minimum Gasteiger partial charge on any atom is -0.491 e. The van der Waals surface area contributed by atoms with E-state index in [2.05, 4.69) is 5.32 Å². The van der Waals surface area contributed by atoms with Gasteiger partial charge in [-0.1, -0.05) is 18.2 Å². The molecule has 3 N–H and O–H groups in total. The Hall–Kier alpha value is -1.59. The maximum Gasteiger partial charge on any atom is 0.275 e. The van der Waals surface area contributed by atoms with Crippen LogP contribution >= 0.6 is 0 Å². The van der Waals surface area contributed by atoms with Crippen molar-refractivity contribution in [2.24, 2.45) is 0 Å². The molecule has 1 aromatic rings. The zero-order valence-corrected chi connectivity index (χ0v) is 10.3. The van der Waals surface area contributed by atoms with Gasteiger partial charge in [-0.05, 0) is 12.1 Å². The van der Waals surface area contributed by atoms with Crippen LogP contribution in [0.4, 0.5) is 0 Å². The number of benzene rings is 1. The molecule has 2 rings (SSSR count). The smallest absolute Gasteiger partial charge is 0.275 e. The number of quaternary nitrogens is 1. The highest BCUT2D eigenvalue weighted by Crippen LogP contribution is 2.08. The minimum atomic E-state index is -0.550. The van der Waals surface area contributed by atoms with Crippen LogP contribution in [0.1, 0.15) is 0 Å². The van der Waals surface area contributed by atoms with Gasteiger partial charge in [0.1, 0.15) is 25.0 Å². The summed E-state index contributed by atoms with van der Waals surface area (Å²) < 4.78 is 5.47. The van der Waals surface area contributed by atoms with Crippen LogP contribution in [0.2, 0.25) is 0 Å². The van der Waals surface area contributed by atoms with E-state index in [1.165, 1.54) is 0 Å². The first-order valence-corrected chi connectivity index (χ1v) is 6.20. The van der Waals surface area contributed by atoms with Gasteiger partial charge in [-0.25, -0.2) is 0 Å². The molecule has 1 unspecified atom stereocenters. The van der Waals surface area contributed by atoms with Crippen LogP contribution in [0.25, 0.3) is 0 Å². The predicted octanol–water partition coefficient (Wildman–Crippen LogP) is -1.56. The number of hydrogen-bond donors (Lipinski definition) is 3. The Morgan fingerprint density at radius 3 is 2.89 bits per heavy atom. The number of piperazine rings is 1. The lowest BCUT2D eigenvalue weighted by atomic mass is 10.3. The van der Waals surface area contributed by atoms with Crippen LogP contribution in [0.15, 0.2) is 30.3 Å². The van der Waals surface area contributed by atoms with E-state index in [0.717, 1.165) is 17.2 Å². The number of carbonyl (C=O) groups excluding carboxylic acids is 1. The summed E-state index contributed by atoms with van der Waals surface area (Å²) in [6, 6.07) is 9.41. The number of aliphatic hydroxyl groups excluding tert-OH is 1. The van der Waals surface area contributed by atoms with E-state index in [1.807, 2.05) is 30.3 Å². The number of amides is 1. The number of ether oxygens (including phenoxy) is 1. The summed E-state index contributed by atoms with van der Waals surface area (Å²) in [7, 11) is 0. The third kappa shape index (κ3) is 4.01. The van der Waals surface area contributed by atoms with E-state index in [4.69, 9.17) is 4.74 Å².